The van der Waals surface area contributed by atoms with Crippen molar-refractivity contribution < 1.29 is 24.6 Å². The van der Waals surface area contributed by atoms with Crippen LogP contribution in [0, 0.1) is 0 Å². The Labute approximate surface area is 106 Å². The van der Waals surface area contributed by atoms with Gasteiger partial charge in [0.15, 0.2) is 0 Å². The predicted octanol–water partition coefficient (Wildman–Crippen LogP) is 0.773. The molecule has 0 bridgehead atoms. The van der Waals surface area contributed by atoms with Gasteiger partial charge in [-0.15, -0.1) is 0 Å². The Kier molecular flexibility index (Phi) is 7.62. The molecule has 1 aliphatic rings. The van der Waals surface area contributed by atoms with Crippen LogP contribution >= 0.6 is 0 Å². The lowest BCUT2D eigenvalue weighted by Crippen LogP contribution is -2.24. The van der Waals surface area contributed by atoms with Gasteiger partial charge in [0.1, 0.15) is 5.78 Å². The number of aliphatic carboxylic acids is 2. The highest BCUT2D eigenvalue weighted by Gasteiger charge is 2.09. The predicted molar refractivity (Wildman–Crippen MR) is 65.4 cm³/mol. The van der Waals surface area contributed by atoms with E-state index in [0.717, 1.165) is 19.5 Å². The molecule has 1 rings (SSSR count). The summed E-state index contributed by atoms with van der Waals surface area (Å²) in [5.41, 5.74) is 1.33. The van der Waals surface area contributed by atoms with Gasteiger partial charge in [-0.3, -0.25) is 4.79 Å². The zero-order valence-electron chi connectivity index (χ0n) is 10.7. The van der Waals surface area contributed by atoms with Crippen LogP contribution in [0.5, 0.6) is 0 Å². The lowest BCUT2D eigenvalue weighted by Gasteiger charge is -2.21. The third-order valence-electron chi connectivity index (χ3n) is 2.51. The maximum Gasteiger partial charge on any atom is 0.414 e. The van der Waals surface area contributed by atoms with Gasteiger partial charge in [-0.25, -0.2) is 9.59 Å². The van der Waals surface area contributed by atoms with Crippen molar-refractivity contribution in [2.75, 3.05) is 20.1 Å². The average molecular weight is 257 g/mol. The van der Waals surface area contributed by atoms with Crippen molar-refractivity contribution in [2.45, 2.75) is 26.2 Å². The summed E-state index contributed by atoms with van der Waals surface area (Å²) < 4.78 is 0. The lowest BCUT2D eigenvalue weighted by atomic mass is 10.0. The summed E-state index contributed by atoms with van der Waals surface area (Å²) >= 11 is 0. The molecule has 0 aromatic rings. The van der Waals surface area contributed by atoms with Crippen molar-refractivity contribution in [1.29, 1.82) is 0 Å². The maximum atomic E-state index is 11.1. The lowest BCUT2D eigenvalue weighted by molar-refractivity contribution is -0.159. The Balaban J connectivity index is 0.000000411. The van der Waals surface area contributed by atoms with Gasteiger partial charge in [-0.2, -0.15) is 0 Å². The zero-order valence-corrected chi connectivity index (χ0v) is 10.7. The van der Waals surface area contributed by atoms with E-state index in [9.17, 15) is 4.79 Å². The molecule has 0 aromatic heterocycles. The molecule has 1 aliphatic heterocycles. The number of rotatable bonds is 3. The van der Waals surface area contributed by atoms with E-state index in [1.807, 2.05) is 6.92 Å². The number of hydrogen-bond acceptors (Lipinski definition) is 4. The second-order valence-electron chi connectivity index (χ2n) is 4.05. The Morgan fingerprint density at radius 1 is 1.28 bits per heavy atom. The molecular weight excluding hydrogens is 238 g/mol. The third kappa shape index (κ3) is 7.56. The van der Waals surface area contributed by atoms with Gasteiger partial charge in [0.2, 0.25) is 0 Å². The summed E-state index contributed by atoms with van der Waals surface area (Å²) in [5, 5.41) is 14.8. The van der Waals surface area contributed by atoms with Gasteiger partial charge in [0.25, 0.3) is 0 Å². The van der Waals surface area contributed by atoms with E-state index in [2.05, 4.69) is 18.0 Å². The molecule has 0 fully saturated rings. The number of ketones is 1. The molecule has 18 heavy (non-hydrogen) atoms. The smallest absolute Gasteiger partial charge is 0.414 e. The fourth-order valence-electron chi connectivity index (χ4n) is 1.35. The Morgan fingerprint density at radius 3 is 2.17 bits per heavy atom. The normalized spacial score (nSPS) is 15.1. The molecule has 0 amide bonds. The number of carbonyl (C=O) groups excluding carboxylic acids is 1. The highest BCUT2D eigenvalue weighted by molar-refractivity contribution is 6.27. The number of hydrogen-bond donors (Lipinski definition) is 2. The molecule has 0 aromatic carbocycles. The van der Waals surface area contributed by atoms with E-state index in [0.29, 0.717) is 18.6 Å². The molecule has 102 valence electrons. The number of likely N-dealkylation sites (N-methyl/N-ethyl adjacent to an activating group) is 1. The monoisotopic (exact) mass is 257 g/mol. The summed E-state index contributed by atoms with van der Waals surface area (Å²) in [6, 6.07) is 0. The minimum absolute atomic E-state index is 0.366. The first-order chi connectivity index (χ1) is 8.36. The fraction of sp³-hybridized carbons (Fsp3) is 0.583. The molecule has 2 N–H and O–H groups in total. The van der Waals surface area contributed by atoms with E-state index in [1.54, 1.807) is 0 Å². The SMILES string of the molecule is CCC(=O)CC1=CCN(C)CC1.O=C(O)C(=O)O. The van der Waals surface area contributed by atoms with Crippen molar-refractivity contribution in [3.05, 3.63) is 11.6 Å². The second kappa shape index (κ2) is 8.41. The van der Waals surface area contributed by atoms with E-state index in [-0.39, 0.29) is 0 Å². The molecule has 0 saturated heterocycles. The molecule has 0 radical (unpaired) electrons. The summed E-state index contributed by atoms with van der Waals surface area (Å²) in [7, 11) is 2.11. The van der Waals surface area contributed by atoms with Crippen LogP contribution in [0.3, 0.4) is 0 Å². The van der Waals surface area contributed by atoms with Crippen LogP contribution in [0.15, 0.2) is 11.6 Å². The quantitative estimate of drug-likeness (QED) is 0.573. The van der Waals surface area contributed by atoms with Crippen LogP contribution in [0.25, 0.3) is 0 Å². The summed E-state index contributed by atoms with van der Waals surface area (Å²) in [4.78, 5) is 31.6. The van der Waals surface area contributed by atoms with E-state index in [4.69, 9.17) is 19.8 Å². The topological polar surface area (TPSA) is 94.9 Å². The molecule has 0 aliphatic carbocycles. The van der Waals surface area contributed by atoms with E-state index in [1.165, 1.54) is 5.57 Å². The van der Waals surface area contributed by atoms with Crippen molar-refractivity contribution in [3.63, 3.8) is 0 Å². The molecule has 0 saturated carbocycles. The number of carboxylic acids is 2. The average Bonchev–Trinajstić information content (AvgIpc) is 2.32. The molecule has 0 spiro atoms. The van der Waals surface area contributed by atoms with Gasteiger partial charge in [0.05, 0.1) is 0 Å². The zero-order chi connectivity index (χ0) is 14.1. The third-order valence-corrected chi connectivity index (χ3v) is 2.51. The van der Waals surface area contributed by atoms with E-state index >= 15 is 0 Å². The van der Waals surface area contributed by atoms with Crippen LogP contribution in [0.1, 0.15) is 26.2 Å². The second-order valence-corrected chi connectivity index (χ2v) is 4.05. The number of nitrogens with zero attached hydrogens (tertiary/aromatic N) is 1. The van der Waals surface area contributed by atoms with Gasteiger partial charge in [0, 0.05) is 25.9 Å². The minimum atomic E-state index is -1.82. The van der Waals surface area contributed by atoms with E-state index < -0.39 is 11.9 Å². The van der Waals surface area contributed by atoms with Crippen LogP contribution < -0.4 is 0 Å². The first kappa shape index (κ1) is 16.3. The maximum absolute atomic E-state index is 11.1. The van der Waals surface area contributed by atoms with Crippen LogP contribution in [0.4, 0.5) is 0 Å². The summed E-state index contributed by atoms with van der Waals surface area (Å²) in [5.74, 6) is -3.28. The minimum Gasteiger partial charge on any atom is -0.473 e. The highest BCUT2D eigenvalue weighted by Crippen LogP contribution is 2.13. The Hall–Kier alpha value is -1.69. The van der Waals surface area contributed by atoms with Gasteiger partial charge in [-0.1, -0.05) is 18.6 Å². The Bertz CT molecular complexity index is 336. The number of carboxylic acid groups (broad SMARTS) is 2. The standard InChI is InChI=1S/C10H17NO.C2H2O4/c1-3-10(12)8-9-4-6-11(2)7-5-9;3-1(4)2(5)6/h4H,3,5-8H2,1-2H3;(H,3,4)(H,5,6). The summed E-state index contributed by atoms with van der Waals surface area (Å²) in [6.45, 7) is 4.03. The molecular formula is C12H19NO5. The van der Waals surface area contributed by atoms with Crippen molar-refractivity contribution >= 4 is 17.7 Å². The summed E-state index contributed by atoms with van der Waals surface area (Å²) in [6.07, 6.45) is 4.62. The number of carbonyl (C=O) groups is 3. The molecule has 0 atom stereocenters. The number of Topliss-reactive ketones (excluding diaryl/α,β-unsaturated/α-hetero) is 1. The van der Waals surface area contributed by atoms with Gasteiger partial charge >= 0.3 is 11.9 Å². The van der Waals surface area contributed by atoms with Crippen LogP contribution in [-0.4, -0.2) is 53.0 Å². The van der Waals surface area contributed by atoms with Crippen LogP contribution in [-0.2, 0) is 14.4 Å². The highest BCUT2D eigenvalue weighted by atomic mass is 16.4. The van der Waals surface area contributed by atoms with Crippen LogP contribution in [0.2, 0.25) is 0 Å². The van der Waals surface area contributed by atoms with Gasteiger partial charge < -0.3 is 15.1 Å². The van der Waals surface area contributed by atoms with Crippen molar-refractivity contribution in [1.82, 2.24) is 4.90 Å². The fourth-order valence-corrected chi connectivity index (χ4v) is 1.35. The van der Waals surface area contributed by atoms with Crippen molar-refractivity contribution in [3.8, 4) is 0 Å². The first-order valence-corrected chi connectivity index (χ1v) is 5.71. The Morgan fingerprint density at radius 2 is 1.83 bits per heavy atom. The molecule has 0 unspecified atom stereocenters. The first-order valence-electron chi connectivity index (χ1n) is 5.71. The molecule has 6 nitrogen and oxygen atoms in total. The van der Waals surface area contributed by atoms with Crippen molar-refractivity contribution in [2.24, 2.45) is 0 Å². The molecule has 1 heterocycles. The van der Waals surface area contributed by atoms with Gasteiger partial charge in [-0.05, 0) is 13.5 Å². The molecule has 6 heteroatoms. The largest absolute Gasteiger partial charge is 0.473 e.